The summed E-state index contributed by atoms with van der Waals surface area (Å²) < 4.78 is 5.36. The number of benzene rings is 2. The number of rotatable bonds is 8. The van der Waals surface area contributed by atoms with E-state index in [1.807, 2.05) is 25.1 Å². The zero-order valence-corrected chi connectivity index (χ0v) is 15.7. The van der Waals surface area contributed by atoms with E-state index in [1.54, 1.807) is 26.2 Å². The SMILES string of the molecule is COc1cc(C)ccc1CCCC(=O)N/N=C/c1ccc(C)c([N+](=O)[O-])c1. The molecule has 142 valence electrons. The third-order valence-corrected chi connectivity index (χ3v) is 4.13. The molecule has 2 rings (SSSR count). The van der Waals surface area contributed by atoms with Crippen LogP contribution in [0.15, 0.2) is 41.5 Å². The van der Waals surface area contributed by atoms with Crippen LogP contribution in [0.25, 0.3) is 0 Å². The summed E-state index contributed by atoms with van der Waals surface area (Å²) in [5.74, 6) is 0.619. The van der Waals surface area contributed by atoms with E-state index in [1.165, 1.54) is 12.3 Å². The first-order chi connectivity index (χ1) is 12.9. The smallest absolute Gasteiger partial charge is 0.272 e. The molecule has 1 N–H and O–H groups in total. The molecule has 0 saturated carbocycles. The van der Waals surface area contributed by atoms with Crippen LogP contribution in [0.4, 0.5) is 5.69 Å². The van der Waals surface area contributed by atoms with Gasteiger partial charge in [0, 0.05) is 23.6 Å². The molecule has 2 aromatic carbocycles. The van der Waals surface area contributed by atoms with Crippen LogP contribution < -0.4 is 10.2 Å². The number of methoxy groups -OCH3 is 1. The minimum absolute atomic E-state index is 0.0253. The van der Waals surface area contributed by atoms with Gasteiger partial charge in [-0.25, -0.2) is 5.43 Å². The maximum Gasteiger partial charge on any atom is 0.272 e. The molecule has 0 unspecified atom stereocenters. The highest BCUT2D eigenvalue weighted by Gasteiger charge is 2.10. The van der Waals surface area contributed by atoms with Crippen molar-refractivity contribution in [2.75, 3.05) is 7.11 Å². The highest BCUT2D eigenvalue weighted by atomic mass is 16.6. The van der Waals surface area contributed by atoms with Crippen LogP contribution in [-0.2, 0) is 11.2 Å². The van der Waals surface area contributed by atoms with Gasteiger partial charge < -0.3 is 4.74 Å². The van der Waals surface area contributed by atoms with Crippen LogP contribution in [-0.4, -0.2) is 24.2 Å². The predicted octanol–water partition coefficient (Wildman–Crippen LogP) is 3.69. The van der Waals surface area contributed by atoms with Crippen molar-refractivity contribution in [3.63, 3.8) is 0 Å². The number of nitrogens with zero attached hydrogens (tertiary/aromatic N) is 2. The lowest BCUT2D eigenvalue weighted by atomic mass is 10.0. The van der Waals surface area contributed by atoms with Crippen molar-refractivity contribution < 1.29 is 14.5 Å². The maximum atomic E-state index is 11.9. The number of aryl methyl sites for hydroxylation is 3. The molecule has 7 heteroatoms. The van der Waals surface area contributed by atoms with Crippen LogP contribution in [0.1, 0.15) is 35.1 Å². The minimum Gasteiger partial charge on any atom is -0.496 e. The van der Waals surface area contributed by atoms with Gasteiger partial charge in [-0.15, -0.1) is 0 Å². The monoisotopic (exact) mass is 369 g/mol. The number of hydrazone groups is 1. The zero-order chi connectivity index (χ0) is 19.8. The molecular formula is C20H23N3O4. The molecule has 0 aliphatic rings. The van der Waals surface area contributed by atoms with Gasteiger partial charge in [0.1, 0.15) is 5.75 Å². The number of hydrogen-bond donors (Lipinski definition) is 1. The van der Waals surface area contributed by atoms with Gasteiger partial charge in [-0.3, -0.25) is 14.9 Å². The third-order valence-electron chi connectivity index (χ3n) is 4.13. The summed E-state index contributed by atoms with van der Waals surface area (Å²) in [4.78, 5) is 22.4. The highest BCUT2D eigenvalue weighted by molar-refractivity contribution is 5.83. The average Bonchev–Trinajstić information content (AvgIpc) is 2.64. The van der Waals surface area contributed by atoms with E-state index in [0.29, 0.717) is 24.0 Å². The van der Waals surface area contributed by atoms with Gasteiger partial charge in [0.2, 0.25) is 5.91 Å². The molecule has 2 aromatic rings. The van der Waals surface area contributed by atoms with E-state index in [0.717, 1.165) is 23.3 Å². The van der Waals surface area contributed by atoms with Gasteiger partial charge in [0.05, 0.1) is 18.2 Å². The summed E-state index contributed by atoms with van der Waals surface area (Å²) in [6, 6.07) is 10.8. The molecule has 7 nitrogen and oxygen atoms in total. The van der Waals surface area contributed by atoms with E-state index >= 15 is 0 Å². The number of nitrogens with one attached hydrogen (secondary N) is 1. The molecule has 0 spiro atoms. The second-order valence-electron chi connectivity index (χ2n) is 6.27. The van der Waals surface area contributed by atoms with Gasteiger partial charge >= 0.3 is 0 Å². The Kier molecular flexibility index (Phi) is 7.05. The summed E-state index contributed by atoms with van der Waals surface area (Å²) in [5.41, 5.74) is 5.79. The number of nitro groups is 1. The first-order valence-electron chi connectivity index (χ1n) is 8.61. The van der Waals surface area contributed by atoms with Crippen molar-refractivity contribution in [2.45, 2.75) is 33.1 Å². The Morgan fingerprint density at radius 1 is 1.26 bits per heavy atom. The summed E-state index contributed by atoms with van der Waals surface area (Å²) >= 11 is 0. The van der Waals surface area contributed by atoms with E-state index in [2.05, 4.69) is 10.5 Å². The molecule has 1 amide bonds. The maximum absolute atomic E-state index is 11.9. The lowest BCUT2D eigenvalue weighted by Crippen LogP contribution is -2.17. The Morgan fingerprint density at radius 3 is 2.74 bits per heavy atom. The molecule has 27 heavy (non-hydrogen) atoms. The molecule has 0 aromatic heterocycles. The van der Waals surface area contributed by atoms with Crippen molar-refractivity contribution in [2.24, 2.45) is 5.10 Å². The molecule has 0 atom stereocenters. The fourth-order valence-corrected chi connectivity index (χ4v) is 2.64. The first kappa shape index (κ1) is 20.1. The van der Waals surface area contributed by atoms with E-state index in [-0.39, 0.29) is 11.6 Å². The Hall–Kier alpha value is -3.22. The number of carbonyl (C=O) groups excluding carboxylic acids is 1. The molecule has 0 saturated heterocycles. The second kappa shape index (κ2) is 9.47. The molecule has 0 aliphatic carbocycles. The summed E-state index contributed by atoms with van der Waals surface area (Å²) in [5, 5.41) is 14.8. The highest BCUT2D eigenvalue weighted by Crippen LogP contribution is 2.21. The van der Waals surface area contributed by atoms with E-state index in [9.17, 15) is 14.9 Å². The largest absolute Gasteiger partial charge is 0.496 e. The van der Waals surface area contributed by atoms with E-state index < -0.39 is 4.92 Å². The standard InChI is InChI=1S/C20H23N3O4/c1-14-7-10-17(19(11-14)27-3)5-4-6-20(24)22-21-13-16-9-8-15(2)18(12-16)23(25)26/h7-13H,4-6H2,1-3H3,(H,22,24)/b21-13+. The predicted molar refractivity (Wildman–Crippen MR) is 104 cm³/mol. The first-order valence-corrected chi connectivity index (χ1v) is 8.61. The summed E-state index contributed by atoms with van der Waals surface area (Å²) in [6.45, 7) is 3.67. The topological polar surface area (TPSA) is 93.8 Å². The molecular weight excluding hydrogens is 346 g/mol. The van der Waals surface area contributed by atoms with Gasteiger partial charge in [0.25, 0.3) is 5.69 Å². The van der Waals surface area contributed by atoms with Crippen molar-refractivity contribution >= 4 is 17.8 Å². The Morgan fingerprint density at radius 2 is 2.04 bits per heavy atom. The summed E-state index contributed by atoms with van der Waals surface area (Å²) in [6.07, 6.45) is 3.11. The van der Waals surface area contributed by atoms with Crippen LogP contribution in [0.5, 0.6) is 5.75 Å². The van der Waals surface area contributed by atoms with Gasteiger partial charge in [0.15, 0.2) is 0 Å². The van der Waals surface area contributed by atoms with Crippen molar-refractivity contribution in [3.8, 4) is 5.75 Å². The van der Waals surface area contributed by atoms with Crippen molar-refractivity contribution in [3.05, 3.63) is 68.8 Å². The lowest BCUT2D eigenvalue weighted by molar-refractivity contribution is -0.385. The Labute approximate surface area is 158 Å². The van der Waals surface area contributed by atoms with Gasteiger partial charge in [-0.05, 0) is 43.9 Å². The van der Waals surface area contributed by atoms with Crippen molar-refractivity contribution in [1.82, 2.24) is 5.43 Å². The third kappa shape index (κ3) is 5.91. The number of amides is 1. The Bertz CT molecular complexity index is 862. The zero-order valence-electron chi connectivity index (χ0n) is 15.7. The lowest BCUT2D eigenvalue weighted by Gasteiger charge is -2.09. The van der Waals surface area contributed by atoms with Crippen LogP contribution in [0.3, 0.4) is 0 Å². The molecule has 0 bridgehead atoms. The summed E-state index contributed by atoms with van der Waals surface area (Å²) in [7, 11) is 1.63. The molecule has 0 heterocycles. The van der Waals surface area contributed by atoms with Gasteiger partial charge in [-0.2, -0.15) is 5.10 Å². The van der Waals surface area contributed by atoms with Crippen LogP contribution in [0.2, 0.25) is 0 Å². The van der Waals surface area contributed by atoms with Crippen LogP contribution in [0, 0.1) is 24.0 Å². The van der Waals surface area contributed by atoms with Crippen molar-refractivity contribution in [1.29, 1.82) is 0 Å². The number of ether oxygens (including phenoxy) is 1. The molecule has 0 radical (unpaired) electrons. The second-order valence-corrected chi connectivity index (χ2v) is 6.27. The van der Waals surface area contributed by atoms with Gasteiger partial charge in [-0.1, -0.05) is 24.3 Å². The number of hydrogen-bond acceptors (Lipinski definition) is 5. The molecule has 0 aliphatic heterocycles. The van der Waals surface area contributed by atoms with Crippen LogP contribution >= 0.6 is 0 Å². The number of carbonyl (C=O) groups is 1. The average molecular weight is 369 g/mol. The van der Waals surface area contributed by atoms with E-state index in [4.69, 9.17) is 4.74 Å². The minimum atomic E-state index is -0.440. The number of nitro benzene ring substituents is 1. The quantitative estimate of drug-likeness (QED) is 0.436. The normalized spacial score (nSPS) is 10.8. The Balaban J connectivity index is 1.84. The molecule has 0 fully saturated rings. The fraction of sp³-hybridized carbons (Fsp3) is 0.300. The fourth-order valence-electron chi connectivity index (χ4n) is 2.64.